The van der Waals surface area contributed by atoms with Gasteiger partial charge in [0.2, 0.25) is 5.91 Å². The Morgan fingerprint density at radius 2 is 1.39 bits per heavy atom. The number of pyridine rings is 1. The molecule has 0 spiro atoms. The van der Waals surface area contributed by atoms with Gasteiger partial charge >= 0.3 is 5.97 Å². The molecular weight excluding hydrogens is 600 g/mol. The summed E-state index contributed by atoms with van der Waals surface area (Å²) in [7, 11) is 0. The SMILES string of the molecule is O=C(Nc1cccc(SC(C(=O)Nc2cccc(C(=O)O)c2)c2ccccc2)c1)/C(=C/c1cccnc1)NC(=O)c1ccccc1. The van der Waals surface area contributed by atoms with Gasteiger partial charge in [0.05, 0.1) is 5.56 Å². The quantitative estimate of drug-likeness (QED) is 0.0948. The predicted octanol–water partition coefficient (Wildman–Crippen LogP) is 6.66. The Balaban J connectivity index is 1.36. The summed E-state index contributed by atoms with van der Waals surface area (Å²) in [5.41, 5.74) is 2.63. The molecule has 1 unspecified atom stereocenters. The summed E-state index contributed by atoms with van der Waals surface area (Å²) >= 11 is 1.27. The van der Waals surface area contributed by atoms with Crippen LogP contribution in [0.2, 0.25) is 0 Å². The lowest BCUT2D eigenvalue weighted by Gasteiger charge is -2.18. The number of benzene rings is 4. The van der Waals surface area contributed by atoms with Gasteiger partial charge in [0.1, 0.15) is 10.9 Å². The molecule has 0 saturated heterocycles. The molecule has 0 bridgehead atoms. The monoisotopic (exact) mass is 628 g/mol. The molecule has 1 atom stereocenters. The second kappa shape index (κ2) is 15.1. The number of carbonyl (C=O) groups is 4. The van der Waals surface area contributed by atoms with Gasteiger partial charge in [-0.25, -0.2) is 4.79 Å². The van der Waals surface area contributed by atoms with Crippen LogP contribution in [0.15, 0.2) is 144 Å². The molecule has 4 aromatic carbocycles. The minimum Gasteiger partial charge on any atom is -0.478 e. The molecule has 0 saturated carbocycles. The second-order valence-electron chi connectivity index (χ2n) is 9.93. The number of hydrogen-bond acceptors (Lipinski definition) is 6. The third-order valence-electron chi connectivity index (χ3n) is 6.59. The van der Waals surface area contributed by atoms with Gasteiger partial charge in [-0.1, -0.05) is 66.7 Å². The summed E-state index contributed by atoms with van der Waals surface area (Å²) in [6, 6.07) is 34.3. The fourth-order valence-corrected chi connectivity index (χ4v) is 5.47. The third-order valence-corrected chi connectivity index (χ3v) is 7.84. The Labute approximate surface area is 269 Å². The topological polar surface area (TPSA) is 137 Å². The molecule has 5 aromatic rings. The summed E-state index contributed by atoms with van der Waals surface area (Å²) in [5.74, 6) is -2.44. The van der Waals surface area contributed by atoms with Crippen molar-refractivity contribution < 1.29 is 24.3 Å². The lowest BCUT2D eigenvalue weighted by molar-refractivity contribution is -0.116. The van der Waals surface area contributed by atoms with Gasteiger partial charge in [0.25, 0.3) is 11.8 Å². The largest absolute Gasteiger partial charge is 0.478 e. The van der Waals surface area contributed by atoms with Crippen molar-refractivity contribution in [1.29, 1.82) is 0 Å². The van der Waals surface area contributed by atoms with Gasteiger partial charge < -0.3 is 21.1 Å². The first-order chi connectivity index (χ1) is 22.4. The Morgan fingerprint density at radius 3 is 2.09 bits per heavy atom. The number of thioether (sulfide) groups is 1. The highest BCUT2D eigenvalue weighted by atomic mass is 32.2. The predicted molar refractivity (Wildman–Crippen MR) is 178 cm³/mol. The van der Waals surface area contributed by atoms with Gasteiger partial charge in [-0.05, 0) is 71.8 Å². The zero-order valence-electron chi connectivity index (χ0n) is 24.3. The van der Waals surface area contributed by atoms with Crippen molar-refractivity contribution >= 4 is 52.9 Å². The van der Waals surface area contributed by atoms with Crippen molar-refractivity contribution in [3.05, 3.63) is 162 Å². The Hall–Kier alpha value is -6.00. The van der Waals surface area contributed by atoms with E-state index >= 15 is 0 Å². The maximum Gasteiger partial charge on any atom is 0.335 e. The number of amides is 3. The number of anilines is 2. The van der Waals surface area contributed by atoms with Crippen LogP contribution in [0.4, 0.5) is 11.4 Å². The van der Waals surface area contributed by atoms with Gasteiger partial charge in [-0.3, -0.25) is 19.4 Å². The van der Waals surface area contributed by atoms with E-state index in [4.69, 9.17) is 0 Å². The summed E-state index contributed by atoms with van der Waals surface area (Å²) < 4.78 is 0. The van der Waals surface area contributed by atoms with Gasteiger partial charge in [0, 0.05) is 34.2 Å². The lowest BCUT2D eigenvalue weighted by atomic mass is 10.1. The first-order valence-electron chi connectivity index (χ1n) is 14.1. The van der Waals surface area contributed by atoms with Crippen molar-refractivity contribution in [3.8, 4) is 0 Å². The smallest absolute Gasteiger partial charge is 0.335 e. The average Bonchev–Trinajstić information content (AvgIpc) is 3.08. The second-order valence-corrected chi connectivity index (χ2v) is 11.1. The van der Waals surface area contributed by atoms with Gasteiger partial charge in [0.15, 0.2) is 0 Å². The van der Waals surface area contributed by atoms with Gasteiger partial charge in [-0.2, -0.15) is 0 Å². The number of rotatable bonds is 11. The maximum atomic E-state index is 13.5. The van der Waals surface area contributed by atoms with Crippen molar-refractivity contribution in [2.24, 2.45) is 0 Å². The van der Waals surface area contributed by atoms with Crippen LogP contribution < -0.4 is 16.0 Å². The summed E-state index contributed by atoms with van der Waals surface area (Å²) in [6.07, 6.45) is 4.72. The molecule has 46 heavy (non-hydrogen) atoms. The highest BCUT2D eigenvalue weighted by Gasteiger charge is 2.23. The Bertz CT molecular complexity index is 1880. The molecule has 0 aliphatic carbocycles. The van der Waals surface area contributed by atoms with Crippen molar-refractivity contribution in [2.45, 2.75) is 10.1 Å². The number of aromatic nitrogens is 1. The number of nitrogens with zero attached hydrogens (tertiary/aromatic N) is 1. The van der Waals surface area contributed by atoms with Crippen LogP contribution >= 0.6 is 11.8 Å². The number of hydrogen-bond donors (Lipinski definition) is 4. The molecule has 0 aliphatic heterocycles. The molecule has 228 valence electrons. The van der Waals surface area contributed by atoms with E-state index in [9.17, 15) is 24.3 Å². The number of aromatic carboxylic acids is 1. The Kier molecular flexibility index (Phi) is 10.3. The van der Waals surface area contributed by atoms with E-state index in [0.717, 1.165) is 5.56 Å². The lowest BCUT2D eigenvalue weighted by Crippen LogP contribution is -2.30. The molecule has 0 fully saturated rings. The summed E-state index contributed by atoms with van der Waals surface area (Å²) in [4.78, 5) is 56.2. The van der Waals surface area contributed by atoms with Crippen LogP contribution in [0.1, 0.15) is 37.1 Å². The minimum atomic E-state index is -1.10. The Morgan fingerprint density at radius 1 is 0.717 bits per heavy atom. The molecule has 9 nitrogen and oxygen atoms in total. The minimum absolute atomic E-state index is 0.0186. The fraction of sp³-hybridized carbons (Fsp3) is 0.0278. The highest BCUT2D eigenvalue weighted by Crippen LogP contribution is 2.37. The van der Waals surface area contributed by atoms with Crippen molar-refractivity contribution in [2.75, 3.05) is 10.6 Å². The third kappa shape index (κ3) is 8.55. The van der Waals surface area contributed by atoms with Crippen LogP contribution in [0.3, 0.4) is 0 Å². The zero-order valence-corrected chi connectivity index (χ0v) is 25.1. The molecule has 0 aliphatic rings. The van der Waals surface area contributed by atoms with Gasteiger partial charge in [-0.15, -0.1) is 11.8 Å². The first kappa shape index (κ1) is 31.4. The van der Waals surface area contributed by atoms with Crippen molar-refractivity contribution in [1.82, 2.24) is 10.3 Å². The van der Waals surface area contributed by atoms with Crippen LogP contribution in [-0.4, -0.2) is 33.8 Å². The van der Waals surface area contributed by atoms with Crippen LogP contribution in [0.5, 0.6) is 0 Å². The zero-order chi connectivity index (χ0) is 32.3. The summed E-state index contributed by atoms with van der Waals surface area (Å²) in [5, 5.41) is 17.0. The number of carbonyl (C=O) groups excluding carboxylic acids is 3. The molecule has 1 aromatic heterocycles. The molecule has 4 N–H and O–H groups in total. The van der Waals surface area contributed by atoms with E-state index in [-0.39, 0.29) is 17.2 Å². The van der Waals surface area contributed by atoms with Crippen molar-refractivity contribution in [3.63, 3.8) is 0 Å². The van der Waals surface area contributed by atoms with E-state index in [1.807, 2.05) is 36.4 Å². The van der Waals surface area contributed by atoms with E-state index in [1.54, 1.807) is 85.2 Å². The van der Waals surface area contributed by atoms with E-state index in [2.05, 4.69) is 20.9 Å². The van der Waals surface area contributed by atoms with Crippen LogP contribution in [-0.2, 0) is 9.59 Å². The molecule has 5 rings (SSSR count). The van der Waals surface area contributed by atoms with E-state index in [0.29, 0.717) is 27.4 Å². The molecule has 10 heteroatoms. The standard InChI is InChI=1S/C36H28N4O5S/c41-33(26-13-5-2-6-14-26)40-31(20-24-10-9-19-37-23-24)34(42)38-29-17-8-18-30(22-29)46-32(25-11-3-1-4-12-25)35(43)39-28-16-7-15-27(21-28)36(44)45/h1-23,32H,(H,38,42)(H,39,43)(H,40,41)(H,44,45)/b31-20-. The van der Waals surface area contributed by atoms with E-state index < -0.39 is 23.0 Å². The molecular formula is C36H28N4O5S. The van der Waals surface area contributed by atoms with Crippen LogP contribution in [0.25, 0.3) is 6.08 Å². The highest BCUT2D eigenvalue weighted by molar-refractivity contribution is 8.00. The molecule has 0 radical (unpaired) electrons. The number of carboxylic acids is 1. The number of nitrogens with one attached hydrogen (secondary N) is 3. The molecule has 1 heterocycles. The summed E-state index contributed by atoms with van der Waals surface area (Å²) in [6.45, 7) is 0. The fourth-order valence-electron chi connectivity index (χ4n) is 4.39. The van der Waals surface area contributed by atoms with Crippen LogP contribution in [0, 0.1) is 0 Å². The van der Waals surface area contributed by atoms with E-state index in [1.165, 1.54) is 30.0 Å². The number of carboxylic acid groups (broad SMARTS) is 1. The normalized spacial score (nSPS) is 11.6. The maximum absolute atomic E-state index is 13.5. The molecule has 3 amide bonds. The average molecular weight is 629 g/mol. The first-order valence-corrected chi connectivity index (χ1v) is 15.0.